The monoisotopic (exact) mass is 294 g/mol. The van der Waals surface area contributed by atoms with Crippen LogP contribution in [0, 0.1) is 0 Å². The molecule has 0 heterocycles. The topological polar surface area (TPSA) is 17.1 Å². The lowest BCUT2D eigenvalue weighted by Crippen LogP contribution is -2.13. The molecular weight excluding hydrogens is 286 g/mol. The Labute approximate surface area is 100 Å². The van der Waals surface area contributed by atoms with Crippen molar-refractivity contribution < 1.29 is 13.6 Å². The van der Waals surface area contributed by atoms with Gasteiger partial charge in [-0.3, -0.25) is 4.79 Å². The summed E-state index contributed by atoms with van der Waals surface area (Å²) in [5.74, 6) is -0.360. The number of carbonyl (C=O) groups excluding carboxylic acids is 1. The zero-order valence-electron chi connectivity index (χ0n) is 7.88. The minimum Gasteiger partial charge on any atom is -0.293 e. The highest BCUT2D eigenvalue weighted by Gasteiger charge is 2.22. The van der Waals surface area contributed by atoms with E-state index in [1.807, 2.05) is 0 Å². The largest absolute Gasteiger partial charge is 0.293 e. The van der Waals surface area contributed by atoms with Crippen molar-refractivity contribution in [2.24, 2.45) is 0 Å². The van der Waals surface area contributed by atoms with Crippen LogP contribution in [0.1, 0.15) is 29.3 Å². The molecule has 1 unspecified atom stereocenters. The minimum absolute atomic E-state index is 0.0295. The van der Waals surface area contributed by atoms with Gasteiger partial charge in [0.2, 0.25) is 0 Å². The summed E-state index contributed by atoms with van der Waals surface area (Å²) in [4.78, 5) is 11.3. The molecule has 0 spiro atoms. The van der Waals surface area contributed by atoms with Crippen LogP contribution in [0.25, 0.3) is 0 Å². The molecule has 1 aromatic rings. The van der Waals surface area contributed by atoms with Crippen LogP contribution in [-0.2, 0) is 0 Å². The second-order valence-electron chi connectivity index (χ2n) is 3.02. The van der Waals surface area contributed by atoms with E-state index in [9.17, 15) is 13.6 Å². The molecule has 15 heavy (non-hydrogen) atoms. The van der Waals surface area contributed by atoms with Gasteiger partial charge in [-0.1, -0.05) is 28.1 Å². The van der Waals surface area contributed by atoms with E-state index >= 15 is 0 Å². The molecule has 5 heteroatoms. The molecule has 0 fully saturated rings. The molecule has 82 valence electrons. The highest BCUT2D eigenvalue weighted by molar-refractivity contribution is 9.10. The third kappa shape index (κ3) is 2.78. The van der Waals surface area contributed by atoms with Gasteiger partial charge in [0.15, 0.2) is 5.78 Å². The Kier molecular flexibility index (Phi) is 4.28. The van der Waals surface area contributed by atoms with E-state index in [4.69, 9.17) is 0 Å². The Bertz CT molecular complexity index is 380. The van der Waals surface area contributed by atoms with Gasteiger partial charge in [0, 0.05) is 16.0 Å². The van der Waals surface area contributed by atoms with E-state index < -0.39 is 11.3 Å². The first-order chi connectivity index (χ1) is 6.95. The summed E-state index contributed by atoms with van der Waals surface area (Å²) in [7, 11) is 0. The van der Waals surface area contributed by atoms with Crippen LogP contribution in [0.3, 0.4) is 0 Å². The van der Waals surface area contributed by atoms with Gasteiger partial charge in [0.1, 0.15) is 0 Å². The first-order valence-corrected chi connectivity index (χ1v) is 5.59. The van der Waals surface area contributed by atoms with Gasteiger partial charge in [0.05, 0.1) is 4.83 Å². The molecule has 0 bridgehead atoms. The maximum absolute atomic E-state index is 12.7. The highest BCUT2D eigenvalue weighted by atomic mass is 79.9. The fourth-order valence-corrected chi connectivity index (χ4v) is 1.76. The number of hydrogen-bond donors (Lipinski definition) is 1. The molecule has 1 rings (SSSR count). The number of halogens is 3. The Morgan fingerprint density at radius 3 is 2.53 bits per heavy atom. The molecule has 0 aliphatic heterocycles. The number of alkyl halides is 3. The molecule has 1 atom stereocenters. The maximum Gasteiger partial charge on any atom is 0.265 e. The van der Waals surface area contributed by atoms with Gasteiger partial charge in [-0.25, -0.2) is 8.78 Å². The summed E-state index contributed by atoms with van der Waals surface area (Å²) in [6.45, 7) is 1.60. The van der Waals surface area contributed by atoms with E-state index in [0.29, 0.717) is 0 Å². The molecule has 1 aromatic carbocycles. The highest BCUT2D eigenvalue weighted by Crippen LogP contribution is 2.30. The van der Waals surface area contributed by atoms with Gasteiger partial charge < -0.3 is 0 Å². The van der Waals surface area contributed by atoms with Crippen molar-refractivity contribution in [2.75, 3.05) is 0 Å². The summed E-state index contributed by atoms with van der Waals surface area (Å²) in [6.07, 6.45) is -2.69. The maximum atomic E-state index is 12.7. The van der Waals surface area contributed by atoms with E-state index in [1.54, 1.807) is 6.92 Å². The Hall–Kier alpha value is -0.420. The van der Waals surface area contributed by atoms with E-state index in [2.05, 4.69) is 28.6 Å². The average molecular weight is 295 g/mol. The van der Waals surface area contributed by atoms with Gasteiger partial charge in [-0.05, 0) is 13.0 Å². The molecule has 0 saturated carbocycles. The summed E-state index contributed by atoms with van der Waals surface area (Å²) < 4.78 is 25.4. The van der Waals surface area contributed by atoms with E-state index in [1.165, 1.54) is 18.2 Å². The number of Topliss-reactive ketones (excluding diaryl/α,β-unsaturated/α-hetero) is 1. The third-order valence-corrected chi connectivity index (χ3v) is 2.73. The lowest BCUT2D eigenvalue weighted by molar-refractivity contribution is 0.0980. The zero-order valence-corrected chi connectivity index (χ0v) is 10.4. The standard InChI is InChI=1S/C10H9BrF2OS/c1-5(11)9(14)6-3-2-4-7(15)8(6)10(12)13/h2-5,10,15H,1H3. The smallest absolute Gasteiger partial charge is 0.265 e. The number of ketones is 1. The van der Waals surface area contributed by atoms with Crippen LogP contribution in [0.2, 0.25) is 0 Å². The van der Waals surface area contributed by atoms with Crippen LogP contribution >= 0.6 is 28.6 Å². The minimum atomic E-state index is -2.69. The first-order valence-electron chi connectivity index (χ1n) is 4.23. The Balaban J connectivity index is 3.29. The van der Waals surface area contributed by atoms with Gasteiger partial charge >= 0.3 is 0 Å². The van der Waals surface area contributed by atoms with Crippen molar-refractivity contribution in [3.8, 4) is 0 Å². The van der Waals surface area contributed by atoms with Crippen molar-refractivity contribution >= 4 is 34.3 Å². The lowest BCUT2D eigenvalue weighted by atomic mass is 10.0. The Morgan fingerprint density at radius 1 is 1.47 bits per heavy atom. The molecule has 0 aliphatic rings. The quantitative estimate of drug-likeness (QED) is 0.509. The SMILES string of the molecule is CC(Br)C(=O)c1cccc(S)c1C(F)F. The molecule has 0 radical (unpaired) electrons. The number of benzene rings is 1. The second kappa shape index (κ2) is 5.07. The van der Waals surface area contributed by atoms with Crippen molar-refractivity contribution in [2.45, 2.75) is 23.1 Å². The molecule has 0 saturated heterocycles. The van der Waals surface area contributed by atoms with Crippen molar-refractivity contribution in [3.63, 3.8) is 0 Å². The van der Waals surface area contributed by atoms with Crippen LogP contribution in [-0.4, -0.2) is 10.6 Å². The van der Waals surface area contributed by atoms with Crippen molar-refractivity contribution in [1.29, 1.82) is 0 Å². The second-order valence-corrected chi connectivity index (χ2v) is 4.87. The van der Waals surface area contributed by atoms with Gasteiger partial charge in [0.25, 0.3) is 6.43 Å². The van der Waals surface area contributed by atoms with E-state index in [0.717, 1.165) is 0 Å². The van der Waals surface area contributed by atoms with E-state index in [-0.39, 0.29) is 21.8 Å². The van der Waals surface area contributed by atoms with Crippen LogP contribution in [0.15, 0.2) is 23.1 Å². The van der Waals surface area contributed by atoms with Crippen molar-refractivity contribution in [3.05, 3.63) is 29.3 Å². The summed E-state index contributed by atoms with van der Waals surface area (Å²) in [6, 6.07) is 4.37. The predicted octanol–water partition coefficient (Wildman–Crippen LogP) is 3.88. The Morgan fingerprint density at radius 2 is 2.07 bits per heavy atom. The van der Waals surface area contributed by atoms with Gasteiger partial charge in [-0.2, -0.15) is 0 Å². The zero-order chi connectivity index (χ0) is 11.6. The number of hydrogen-bond acceptors (Lipinski definition) is 2. The molecule has 1 nitrogen and oxygen atoms in total. The van der Waals surface area contributed by atoms with Crippen LogP contribution in [0.4, 0.5) is 8.78 Å². The van der Waals surface area contributed by atoms with Gasteiger partial charge in [-0.15, -0.1) is 12.6 Å². The molecule has 0 aliphatic carbocycles. The molecule has 0 amide bonds. The van der Waals surface area contributed by atoms with Crippen molar-refractivity contribution in [1.82, 2.24) is 0 Å². The third-order valence-electron chi connectivity index (χ3n) is 1.93. The molecule has 0 aromatic heterocycles. The predicted molar refractivity (Wildman–Crippen MR) is 61.4 cm³/mol. The first kappa shape index (κ1) is 12.6. The summed E-state index contributed by atoms with van der Waals surface area (Å²) in [5, 5.41) is 0. The molecule has 0 N–H and O–H groups in total. The normalized spacial score (nSPS) is 12.9. The molecular formula is C10H9BrF2OS. The summed E-state index contributed by atoms with van der Waals surface area (Å²) >= 11 is 6.99. The number of thiol groups is 1. The average Bonchev–Trinajstić information content (AvgIpc) is 2.15. The number of carbonyl (C=O) groups is 1. The fraction of sp³-hybridized carbons (Fsp3) is 0.300. The van der Waals surface area contributed by atoms with Crippen LogP contribution < -0.4 is 0 Å². The number of rotatable bonds is 3. The fourth-order valence-electron chi connectivity index (χ4n) is 1.21. The summed E-state index contributed by atoms with van der Waals surface area (Å²) in [5.41, 5.74) is -0.265. The lowest BCUT2D eigenvalue weighted by Gasteiger charge is -2.11. The van der Waals surface area contributed by atoms with Crippen LogP contribution in [0.5, 0.6) is 0 Å².